The van der Waals surface area contributed by atoms with Gasteiger partial charge in [0.1, 0.15) is 0 Å². The van der Waals surface area contributed by atoms with Crippen LogP contribution in [0.2, 0.25) is 0 Å². The van der Waals surface area contributed by atoms with Crippen molar-refractivity contribution in [3.8, 4) is 0 Å². The summed E-state index contributed by atoms with van der Waals surface area (Å²) in [4.78, 5) is 61.0. The lowest BCUT2D eigenvalue weighted by Gasteiger charge is -2.17. The molecule has 0 bridgehead atoms. The van der Waals surface area contributed by atoms with E-state index in [1.807, 2.05) is 16.3 Å². The molecule has 2 rings (SSSR count). The zero-order chi connectivity index (χ0) is 21.9. The number of nitrogens with one attached hydrogen (secondary N) is 4. The Bertz CT molecular complexity index is 1070. The number of rotatable bonds is 5. The molecule has 0 saturated heterocycles. The summed E-state index contributed by atoms with van der Waals surface area (Å²) >= 11 is 0. The predicted octanol–water partition coefficient (Wildman–Crippen LogP) is -3.05. The van der Waals surface area contributed by atoms with Gasteiger partial charge in [0, 0.05) is 21.9 Å². The molecule has 4 amide bonds. The van der Waals surface area contributed by atoms with Crippen molar-refractivity contribution in [3.05, 3.63) is 46.0 Å². The van der Waals surface area contributed by atoms with Gasteiger partial charge in [0.25, 0.3) is 23.6 Å². The monoisotopic (exact) mass is 404 g/mol. The van der Waals surface area contributed by atoms with E-state index >= 15 is 0 Å². The highest BCUT2D eigenvalue weighted by atomic mass is 16.4. The number of hydrazine groups is 4. The van der Waals surface area contributed by atoms with E-state index in [9.17, 15) is 29.1 Å². The minimum atomic E-state index is -1.65. The van der Waals surface area contributed by atoms with Gasteiger partial charge in [-0.2, -0.15) is 0 Å². The molecule has 0 aliphatic heterocycles. The molecule has 0 spiro atoms. The van der Waals surface area contributed by atoms with Crippen molar-refractivity contribution < 1.29 is 29.1 Å². The van der Waals surface area contributed by atoms with Crippen LogP contribution in [0.3, 0.4) is 0 Å². The van der Waals surface area contributed by atoms with E-state index in [-0.39, 0.29) is 16.5 Å². The number of carbonyl (C=O) groups excluding carboxylic acids is 4. The van der Waals surface area contributed by atoms with Gasteiger partial charge in [-0.3, -0.25) is 40.9 Å². The molecule has 0 aromatic heterocycles. The standard InChI is InChI=1S/C15H16N8O6/c16-20-11(24)4-1-2-5(12(25)21-17)9-8(4)6(13(26)22-18)3-7(14(27)23-19)10(9)15(28)29/h1-3H,16-19H2,(H,20,24)(H,21,25)(H,22,26)(H,23,27)(H,28,29). The summed E-state index contributed by atoms with van der Waals surface area (Å²) in [6, 6.07) is 3.07. The molecule has 0 heterocycles. The quantitative estimate of drug-likeness (QED) is 0.138. The zero-order valence-electron chi connectivity index (χ0n) is 14.5. The third-order valence-corrected chi connectivity index (χ3v) is 4.00. The Morgan fingerprint density at radius 2 is 1.00 bits per heavy atom. The first-order chi connectivity index (χ1) is 13.7. The molecular formula is C15H16N8O6. The molecule has 0 unspecified atom stereocenters. The highest BCUT2D eigenvalue weighted by Crippen LogP contribution is 2.33. The lowest BCUT2D eigenvalue weighted by atomic mass is 9.87. The van der Waals surface area contributed by atoms with Gasteiger partial charge in [0.2, 0.25) is 0 Å². The maximum Gasteiger partial charge on any atom is 0.337 e. The van der Waals surface area contributed by atoms with E-state index in [0.717, 1.165) is 18.2 Å². The molecule has 2 aromatic rings. The summed E-state index contributed by atoms with van der Waals surface area (Å²) in [5.74, 6) is 15.0. The molecule has 29 heavy (non-hydrogen) atoms. The first-order valence-corrected chi connectivity index (χ1v) is 7.64. The second kappa shape index (κ2) is 8.28. The van der Waals surface area contributed by atoms with Crippen LogP contribution < -0.4 is 45.1 Å². The molecule has 13 N–H and O–H groups in total. The van der Waals surface area contributed by atoms with E-state index in [1.165, 1.54) is 0 Å². The first-order valence-electron chi connectivity index (χ1n) is 7.64. The van der Waals surface area contributed by atoms with Gasteiger partial charge in [0.15, 0.2) is 0 Å². The van der Waals surface area contributed by atoms with Crippen molar-refractivity contribution in [1.82, 2.24) is 21.7 Å². The average molecular weight is 404 g/mol. The molecule has 14 nitrogen and oxygen atoms in total. The van der Waals surface area contributed by atoms with Gasteiger partial charge in [-0.05, 0) is 18.2 Å². The van der Waals surface area contributed by atoms with Crippen molar-refractivity contribution >= 4 is 40.4 Å². The van der Waals surface area contributed by atoms with Crippen LogP contribution in [-0.4, -0.2) is 34.7 Å². The Morgan fingerprint density at radius 1 is 0.621 bits per heavy atom. The molecule has 14 heteroatoms. The normalized spacial score (nSPS) is 10.2. The molecule has 0 fully saturated rings. The number of benzene rings is 2. The molecule has 0 aliphatic carbocycles. The Morgan fingerprint density at radius 3 is 1.41 bits per heavy atom. The van der Waals surface area contributed by atoms with Gasteiger partial charge >= 0.3 is 5.97 Å². The van der Waals surface area contributed by atoms with Crippen molar-refractivity contribution in [2.75, 3.05) is 0 Å². The molecular weight excluding hydrogens is 388 g/mol. The predicted molar refractivity (Wildman–Crippen MR) is 97.5 cm³/mol. The summed E-state index contributed by atoms with van der Waals surface area (Å²) in [6.07, 6.45) is 0. The summed E-state index contributed by atoms with van der Waals surface area (Å²) in [7, 11) is 0. The smallest absolute Gasteiger partial charge is 0.337 e. The number of aromatic carboxylic acids is 1. The number of nitrogens with two attached hydrogens (primary N) is 4. The number of amides is 4. The second-order valence-corrected chi connectivity index (χ2v) is 5.46. The van der Waals surface area contributed by atoms with Gasteiger partial charge in [-0.25, -0.2) is 28.2 Å². The largest absolute Gasteiger partial charge is 0.478 e. The van der Waals surface area contributed by atoms with Gasteiger partial charge < -0.3 is 5.11 Å². The van der Waals surface area contributed by atoms with E-state index < -0.39 is 51.7 Å². The highest BCUT2D eigenvalue weighted by molar-refractivity contribution is 6.26. The second-order valence-electron chi connectivity index (χ2n) is 5.46. The average Bonchev–Trinajstić information content (AvgIpc) is 2.74. The van der Waals surface area contributed by atoms with Crippen molar-refractivity contribution in [1.29, 1.82) is 0 Å². The topological polar surface area (TPSA) is 258 Å². The van der Waals surface area contributed by atoms with E-state index in [2.05, 4.69) is 0 Å². The molecule has 152 valence electrons. The first kappa shape index (κ1) is 21.2. The summed E-state index contributed by atoms with van der Waals surface area (Å²) in [5, 5.41) is 8.99. The Balaban J connectivity index is 3.28. The number of carboxylic acid groups (broad SMARTS) is 1. The van der Waals surface area contributed by atoms with E-state index in [4.69, 9.17) is 23.4 Å². The molecule has 0 atom stereocenters. The zero-order valence-corrected chi connectivity index (χ0v) is 14.5. The Hall–Kier alpha value is -4.11. The fraction of sp³-hybridized carbons (Fsp3) is 0. The van der Waals surface area contributed by atoms with Gasteiger partial charge in [-0.1, -0.05) is 0 Å². The third-order valence-electron chi connectivity index (χ3n) is 4.00. The SMILES string of the molecule is NNC(=O)c1cc(C(=O)NN)c2c(C(=O)NN)ccc(C(=O)NN)c2c1C(=O)O. The van der Waals surface area contributed by atoms with Crippen LogP contribution in [0.4, 0.5) is 0 Å². The Kier molecular flexibility index (Phi) is 6.05. The molecule has 2 aromatic carbocycles. The van der Waals surface area contributed by atoms with Crippen LogP contribution in [0.15, 0.2) is 18.2 Å². The molecule has 0 radical (unpaired) electrons. The fourth-order valence-electron chi connectivity index (χ4n) is 2.84. The number of fused-ring (bicyclic) bond motifs is 1. The fourth-order valence-corrected chi connectivity index (χ4v) is 2.84. The van der Waals surface area contributed by atoms with Crippen LogP contribution in [0, 0.1) is 0 Å². The number of carboxylic acids is 1. The summed E-state index contributed by atoms with van der Waals surface area (Å²) < 4.78 is 0. The van der Waals surface area contributed by atoms with Crippen molar-refractivity contribution in [2.45, 2.75) is 0 Å². The van der Waals surface area contributed by atoms with Crippen molar-refractivity contribution in [3.63, 3.8) is 0 Å². The maximum absolute atomic E-state index is 12.4. The minimum Gasteiger partial charge on any atom is -0.478 e. The minimum absolute atomic E-state index is 0.267. The van der Waals surface area contributed by atoms with E-state index in [0.29, 0.717) is 0 Å². The number of hydrogen-bond donors (Lipinski definition) is 9. The highest BCUT2D eigenvalue weighted by Gasteiger charge is 2.30. The number of nitrogen functional groups attached to an aromatic ring is 4. The van der Waals surface area contributed by atoms with Crippen LogP contribution in [-0.2, 0) is 0 Å². The number of carbonyl (C=O) groups is 5. The molecule has 0 saturated carbocycles. The van der Waals surface area contributed by atoms with E-state index in [1.54, 1.807) is 5.43 Å². The van der Waals surface area contributed by atoms with Gasteiger partial charge in [0.05, 0.1) is 16.7 Å². The lowest BCUT2D eigenvalue weighted by Crippen LogP contribution is -2.35. The summed E-state index contributed by atoms with van der Waals surface area (Å²) in [6.45, 7) is 0. The molecule has 0 aliphatic rings. The van der Waals surface area contributed by atoms with Crippen LogP contribution >= 0.6 is 0 Å². The van der Waals surface area contributed by atoms with Crippen LogP contribution in [0.1, 0.15) is 51.8 Å². The van der Waals surface area contributed by atoms with Crippen molar-refractivity contribution in [2.24, 2.45) is 23.4 Å². The van der Waals surface area contributed by atoms with Crippen LogP contribution in [0.25, 0.3) is 10.8 Å². The third kappa shape index (κ3) is 3.54. The van der Waals surface area contributed by atoms with Gasteiger partial charge in [-0.15, -0.1) is 0 Å². The number of hydrogen-bond acceptors (Lipinski definition) is 9. The van der Waals surface area contributed by atoms with Crippen LogP contribution in [0.5, 0.6) is 0 Å². The maximum atomic E-state index is 12.4. The summed E-state index contributed by atoms with van der Waals surface area (Å²) in [5.41, 5.74) is 4.95. The lowest BCUT2D eigenvalue weighted by molar-refractivity contribution is 0.0692. The Labute approximate surface area is 161 Å².